The molecule has 2 rings (SSSR count). The number of nitrogens with zero attached hydrogens (tertiary/aromatic N) is 2. The predicted octanol–water partition coefficient (Wildman–Crippen LogP) is 0.719. The van der Waals surface area contributed by atoms with Gasteiger partial charge in [-0.3, -0.25) is 9.59 Å². The molecule has 3 N–H and O–H groups in total. The van der Waals surface area contributed by atoms with E-state index in [9.17, 15) is 29.1 Å². The van der Waals surface area contributed by atoms with Gasteiger partial charge in [-0.05, 0) is 26.3 Å². The first-order chi connectivity index (χ1) is 16.8. The van der Waals surface area contributed by atoms with Crippen molar-refractivity contribution in [2.24, 2.45) is 0 Å². The van der Waals surface area contributed by atoms with Gasteiger partial charge >= 0.3 is 23.7 Å². The zero-order valence-electron chi connectivity index (χ0n) is 20.7. The molecule has 13 heteroatoms. The first-order valence-corrected chi connectivity index (χ1v) is 10.9. The highest BCUT2D eigenvalue weighted by atomic mass is 16.6. The van der Waals surface area contributed by atoms with E-state index in [1.165, 1.54) is 0 Å². The van der Waals surface area contributed by atoms with Crippen molar-refractivity contribution in [1.82, 2.24) is 15.0 Å². The number of carbonyl (C=O) groups excluding carboxylic acids is 4. The molecule has 1 heterocycles. The Balaban J connectivity index is 2.31. The molecule has 36 heavy (non-hydrogen) atoms. The Labute approximate surface area is 206 Å². The Morgan fingerprint density at radius 2 is 1.81 bits per heavy atom. The standard InChI is InChI=1S/C23H30N4O9/c1-14(28)26(27-19(30)16(24-21(27)32)11-18(29)34-5)12-17(20(31)36-23(2,3)4)25-22(33)35-13-15-9-7-6-8-10-15/h6-10,17,30H,11-13H2,1-5H3,(H,24,32)(H,25,33)/t17-/m0/s1. The number of aromatic hydroxyl groups is 1. The quantitative estimate of drug-likeness (QED) is 0.328. The van der Waals surface area contributed by atoms with Crippen LogP contribution in [0.15, 0.2) is 35.1 Å². The number of benzene rings is 1. The molecule has 1 aromatic carbocycles. The van der Waals surface area contributed by atoms with E-state index in [0.29, 0.717) is 10.2 Å². The fraction of sp³-hybridized carbons (Fsp3) is 0.435. The summed E-state index contributed by atoms with van der Waals surface area (Å²) in [7, 11) is 1.13. The van der Waals surface area contributed by atoms with Gasteiger partial charge in [-0.1, -0.05) is 30.3 Å². The molecule has 0 fully saturated rings. The number of alkyl carbamates (subject to hydrolysis) is 1. The first kappa shape index (κ1) is 28.0. The number of esters is 2. The van der Waals surface area contributed by atoms with Crippen LogP contribution in [0.1, 0.15) is 39.0 Å². The number of aromatic amines is 1. The Hall–Kier alpha value is -4.29. The zero-order valence-corrected chi connectivity index (χ0v) is 20.7. The second kappa shape index (κ2) is 11.9. The lowest BCUT2D eigenvalue weighted by Gasteiger charge is -2.28. The van der Waals surface area contributed by atoms with E-state index < -0.39 is 60.1 Å². The summed E-state index contributed by atoms with van der Waals surface area (Å²) in [5.74, 6) is -3.16. The molecule has 0 spiro atoms. The Kier molecular flexibility index (Phi) is 9.25. The van der Waals surface area contributed by atoms with Crippen molar-refractivity contribution in [1.29, 1.82) is 0 Å². The van der Waals surface area contributed by atoms with Crippen LogP contribution in [0, 0.1) is 0 Å². The molecule has 2 aromatic rings. The van der Waals surface area contributed by atoms with Crippen LogP contribution in [0.25, 0.3) is 0 Å². The van der Waals surface area contributed by atoms with Gasteiger partial charge in [0.05, 0.1) is 25.8 Å². The SMILES string of the molecule is COC(=O)Cc1[nH]c(=O)n(N(C[C@H](NC(=O)OCc2ccccc2)C(=O)OC(C)(C)C)C(C)=O)c1O. The lowest BCUT2D eigenvalue weighted by molar-refractivity contribution is -0.157. The van der Waals surface area contributed by atoms with Crippen LogP contribution in [-0.2, 0) is 41.6 Å². The number of ether oxygens (including phenoxy) is 3. The number of aromatic nitrogens is 2. The number of carbonyl (C=O) groups is 4. The number of hydrogen-bond donors (Lipinski definition) is 3. The maximum Gasteiger partial charge on any atom is 0.408 e. The van der Waals surface area contributed by atoms with Crippen LogP contribution in [0.5, 0.6) is 5.88 Å². The summed E-state index contributed by atoms with van der Waals surface area (Å²) in [5, 5.41) is 13.6. The van der Waals surface area contributed by atoms with E-state index in [-0.39, 0.29) is 12.3 Å². The van der Waals surface area contributed by atoms with E-state index in [0.717, 1.165) is 19.0 Å². The number of imidazole rings is 1. The second-order valence-corrected chi connectivity index (χ2v) is 8.69. The molecular formula is C23H30N4O9. The Morgan fingerprint density at radius 1 is 1.17 bits per heavy atom. The van der Waals surface area contributed by atoms with Crippen LogP contribution < -0.4 is 16.0 Å². The van der Waals surface area contributed by atoms with Crippen molar-refractivity contribution in [2.75, 3.05) is 18.7 Å². The van der Waals surface area contributed by atoms with Gasteiger partial charge in [0.15, 0.2) is 0 Å². The van der Waals surface area contributed by atoms with Crippen molar-refractivity contribution < 1.29 is 38.5 Å². The van der Waals surface area contributed by atoms with Crippen LogP contribution in [0.2, 0.25) is 0 Å². The van der Waals surface area contributed by atoms with Crippen molar-refractivity contribution in [3.63, 3.8) is 0 Å². The molecule has 0 radical (unpaired) electrons. The summed E-state index contributed by atoms with van der Waals surface area (Å²) < 4.78 is 15.6. The van der Waals surface area contributed by atoms with Crippen molar-refractivity contribution in [2.45, 2.75) is 52.4 Å². The highest BCUT2D eigenvalue weighted by molar-refractivity contribution is 5.87. The van der Waals surface area contributed by atoms with Crippen LogP contribution in [-0.4, -0.2) is 64.0 Å². The molecule has 0 bridgehead atoms. The summed E-state index contributed by atoms with van der Waals surface area (Å²) in [5.41, 5.74) is -1.40. The van der Waals surface area contributed by atoms with Crippen molar-refractivity contribution in [3.8, 4) is 5.88 Å². The summed E-state index contributed by atoms with van der Waals surface area (Å²) in [4.78, 5) is 64.1. The lowest BCUT2D eigenvalue weighted by Crippen LogP contribution is -2.56. The van der Waals surface area contributed by atoms with E-state index in [1.807, 2.05) is 0 Å². The lowest BCUT2D eigenvalue weighted by atomic mass is 10.2. The fourth-order valence-corrected chi connectivity index (χ4v) is 3.01. The Bertz CT molecular complexity index is 1150. The van der Waals surface area contributed by atoms with Gasteiger partial charge < -0.3 is 29.6 Å². The third kappa shape index (κ3) is 7.89. The van der Waals surface area contributed by atoms with Gasteiger partial charge in [0.1, 0.15) is 18.2 Å². The molecule has 0 aliphatic heterocycles. The highest BCUT2D eigenvalue weighted by Gasteiger charge is 2.33. The van der Waals surface area contributed by atoms with Gasteiger partial charge in [0, 0.05) is 6.92 Å². The molecule has 0 aliphatic carbocycles. The van der Waals surface area contributed by atoms with Gasteiger partial charge in [0.2, 0.25) is 11.8 Å². The molecular weight excluding hydrogens is 476 g/mol. The summed E-state index contributed by atoms with van der Waals surface area (Å²) in [6.07, 6.45) is -1.45. The van der Waals surface area contributed by atoms with Crippen molar-refractivity contribution in [3.05, 3.63) is 52.1 Å². The van der Waals surface area contributed by atoms with E-state index in [1.54, 1.807) is 51.1 Å². The predicted molar refractivity (Wildman–Crippen MR) is 126 cm³/mol. The largest absolute Gasteiger partial charge is 0.492 e. The maximum atomic E-state index is 12.9. The first-order valence-electron chi connectivity index (χ1n) is 10.9. The number of H-pyrrole nitrogens is 1. The van der Waals surface area contributed by atoms with Gasteiger partial charge in [-0.15, -0.1) is 0 Å². The monoisotopic (exact) mass is 506 g/mol. The van der Waals surface area contributed by atoms with Gasteiger partial charge in [0.25, 0.3) is 0 Å². The van der Waals surface area contributed by atoms with Crippen LogP contribution in [0.3, 0.4) is 0 Å². The maximum absolute atomic E-state index is 12.9. The second-order valence-electron chi connectivity index (χ2n) is 8.69. The molecule has 13 nitrogen and oxygen atoms in total. The number of hydrogen-bond acceptors (Lipinski definition) is 9. The third-order valence-electron chi connectivity index (χ3n) is 4.63. The van der Waals surface area contributed by atoms with E-state index >= 15 is 0 Å². The molecule has 0 saturated carbocycles. The zero-order chi connectivity index (χ0) is 27.0. The molecule has 0 saturated heterocycles. The van der Waals surface area contributed by atoms with Crippen LogP contribution >= 0.6 is 0 Å². The molecule has 1 aromatic heterocycles. The smallest absolute Gasteiger partial charge is 0.408 e. The highest BCUT2D eigenvalue weighted by Crippen LogP contribution is 2.16. The minimum absolute atomic E-state index is 0.0842. The fourth-order valence-electron chi connectivity index (χ4n) is 3.01. The van der Waals surface area contributed by atoms with E-state index in [2.05, 4.69) is 15.0 Å². The van der Waals surface area contributed by atoms with Crippen LogP contribution in [0.4, 0.5) is 4.79 Å². The number of methoxy groups -OCH3 is 1. The minimum atomic E-state index is -1.48. The minimum Gasteiger partial charge on any atom is -0.492 e. The van der Waals surface area contributed by atoms with Gasteiger partial charge in [-0.2, -0.15) is 4.68 Å². The molecule has 196 valence electrons. The average molecular weight is 507 g/mol. The van der Waals surface area contributed by atoms with E-state index in [4.69, 9.17) is 9.47 Å². The third-order valence-corrected chi connectivity index (χ3v) is 4.63. The molecule has 1 atom stereocenters. The summed E-state index contributed by atoms with van der Waals surface area (Å²) in [6, 6.07) is 7.32. The van der Waals surface area contributed by atoms with Crippen molar-refractivity contribution >= 4 is 23.9 Å². The number of rotatable bonds is 9. The average Bonchev–Trinajstić information content (AvgIpc) is 3.06. The summed E-state index contributed by atoms with van der Waals surface area (Å²) >= 11 is 0. The summed E-state index contributed by atoms with van der Waals surface area (Å²) in [6.45, 7) is 5.23. The number of amides is 2. The topological polar surface area (TPSA) is 169 Å². The normalized spacial score (nSPS) is 11.8. The molecule has 0 unspecified atom stereocenters. The van der Waals surface area contributed by atoms with Gasteiger partial charge in [-0.25, -0.2) is 19.4 Å². The number of nitrogens with one attached hydrogen (secondary N) is 2. The Morgan fingerprint density at radius 3 is 2.36 bits per heavy atom. The molecule has 2 amide bonds. The molecule has 0 aliphatic rings.